The van der Waals surface area contributed by atoms with Gasteiger partial charge >= 0.3 is 0 Å². The number of benzene rings is 2. The number of anilines is 1. The van der Waals surface area contributed by atoms with Crippen molar-refractivity contribution >= 4 is 21.6 Å². The van der Waals surface area contributed by atoms with E-state index in [1.165, 1.54) is 9.87 Å². The van der Waals surface area contributed by atoms with E-state index in [2.05, 4.69) is 31.3 Å². The van der Waals surface area contributed by atoms with E-state index in [0.717, 1.165) is 12.1 Å². The van der Waals surface area contributed by atoms with Crippen LogP contribution in [0.15, 0.2) is 59.5 Å². The highest BCUT2D eigenvalue weighted by atomic mass is 32.2. The number of piperazine rings is 1. The van der Waals surface area contributed by atoms with Gasteiger partial charge in [-0.15, -0.1) is 0 Å². The van der Waals surface area contributed by atoms with Crippen molar-refractivity contribution in [3.8, 4) is 0 Å². The Morgan fingerprint density at radius 2 is 1.62 bits per heavy atom. The molecule has 6 nitrogen and oxygen atoms in total. The van der Waals surface area contributed by atoms with Gasteiger partial charge in [0.2, 0.25) is 15.9 Å². The van der Waals surface area contributed by atoms with Crippen LogP contribution in [0.1, 0.15) is 31.7 Å². The van der Waals surface area contributed by atoms with Crippen LogP contribution in [0.25, 0.3) is 0 Å². The summed E-state index contributed by atoms with van der Waals surface area (Å²) in [7, 11) is -3.47. The molecule has 1 N–H and O–H groups in total. The van der Waals surface area contributed by atoms with E-state index in [0.29, 0.717) is 37.0 Å². The molecule has 1 atom stereocenters. The lowest BCUT2D eigenvalue weighted by Gasteiger charge is -2.33. The van der Waals surface area contributed by atoms with Gasteiger partial charge < -0.3 is 5.32 Å². The lowest BCUT2D eigenvalue weighted by molar-refractivity contribution is -0.117. The average Bonchev–Trinajstić information content (AvgIpc) is 2.74. The summed E-state index contributed by atoms with van der Waals surface area (Å²) >= 11 is 0. The van der Waals surface area contributed by atoms with Gasteiger partial charge in [-0.25, -0.2) is 8.42 Å². The Morgan fingerprint density at radius 3 is 2.21 bits per heavy atom. The fourth-order valence-corrected chi connectivity index (χ4v) is 4.85. The van der Waals surface area contributed by atoms with E-state index in [9.17, 15) is 13.2 Å². The summed E-state index contributed by atoms with van der Waals surface area (Å²) in [5, 5.41) is 2.93. The van der Waals surface area contributed by atoms with Crippen molar-refractivity contribution in [1.82, 2.24) is 9.21 Å². The van der Waals surface area contributed by atoms with Gasteiger partial charge in [0.05, 0.1) is 11.4 Å². The van der Waals surface area contributed by atoms with Crippen LogP contribution < -0.4 is 5.32 Å². The molecule has 0 unspecified atom stereocenters. The predicted molar refractivity (Wildman–Crippen MR) is 115 cm³/mol. The third-order valence-corrected chi connectivity index (χ3v) is 7.37. The number of carbonyl (C=O) groups is 1. The minimum absolute atomic E-state index is 0.0827. The molecule has 0 spiro atoms. The number of carbonyl (C=O) groups excluding carboxylic acids is 1. The van der Waals surface area contributed by atoms with Crippen molar-refractivity contribution in [1.29, 1.82) is 0 Å². The number of amides is 1. The summed E-state index contributed by atoms with van der Waals surface area (Å²) < 4.78 is 26.9. The second-order valence-electron chi connectivity index (χ2n) is 7.47. The highest BCUT2D eigenvalue weighted by Crippen LogP contribution is 2.21. The van der Waals surface area contributed by atoms with Crippen LogP contribution in [0.2, 0.25) is 0 Å². The van der Waals surface area contributed by atoms with E-state index >= 15 is 0 Å². The van der Waals surface area contributed by atoms with E-state index in [4.69, 9.17) is 0 Å². The molecule has 0 saturated carbocycles. The molecule has 0 aliphatic carbocycles. The molecule has 2 aromatic carbocycles. The predicted octanol–water partition coefficient (Wildman–Crippen LogP) is 3.15. The number of hydrogen-bond acceptors (Lipinski definition) is 4. The van der Waals surface area contributed by atoms with Gasteiger partial charge in [0, 0.05) is 31.9 Å². The molecule has 0 bridgehead atoms. The SMILES string of the molecule is CC[C@H](C)c1ccc(NC(=O)CN2CCN(S(=O)(=O)c3ccccc3)CC2)cc1. The van der Waals surface area contributed by atoms with Gasteiger partial charge in [0.25, 0.3) is 0 Å². The first-order valence-electron chi connectivity index (χ1n) is 10.1. The zero-order valence-corrected chi connectivity index (χ0v) is 17.9. The van der Waals surface area contributed by atoms with E-state index < -0.39 is 10.0 Å². The van der Waals surface area contributed by atoms with Crippen LogP contribution in [-0.2, 0) is 14.8 Å². The number of rotatable bonds is 7. The Morgan fingerprint density at radius 1 is 1.00 bits per heavy atom. The molecule has 2 aromatic rings. The third kappa shape index (κ3) is 5.44. The van der Waals surface area contributed by atoms with Crippen molar-refractivity contribution in [2.45, 2.75) is 31.1 Å². The third-order valence-electron chi connectivity index (χ3n) is 5.46. The zero-order valence-electron chi connectivity index (χ0n) is 17.0. The minimum Gasteiger partial charge on any atom is -0.325 e. The molecule has 0 aromatic heterocycles. The van der Waals surface area contributed by atoms with Crippen LogP contribution in [0.3, 0.4) is 0 Å². The second-order valence-corrected chi connectivity index (χ2v) is 9.41. The fourth-order valence-electron chi connectivity index (χ4n) is 3.40. The largest absolute Gasteiger partial charge is 0.325 e. The standard InChI is InChI=1S/C22H29N3O3S/c1-3-18(2)19-9-11-20(12-10-19)23-22(26)17-24-13-15-25(16-14-24)29(27,28)21-7-5-4-6-8-21/h4-12,18H,3,13-17H2,1-2H3,(H,23,26)/t18-/m0/s1. The molecule has 1 heterocycles. The van der Waals surface area contributed by atoms with Crippen molar-refractivity contribution < 1.29 is 13.2 Å². The summed E-state index contributed by atoms with van der Waals surface area (Å²) in [5.41, 5.74) is 2.05. The molecular formula is C22H29N3O3S. The summed E-state index contributed by atoms with van der Waals surface area (Å²) in [5.74, 6) is 0.420. The topological polar surface area (TPSA) is 69.7 Å². The first kappa shape index (κ1) is 21.5. The highest BCUT2D eigenvalue weighted by Gasteiger charge is 2.28. The number of hydrogen-bond donors (Lipinski definition) is 1. The van der Waals surface area contributed by atoms with Crippen molar-refractivity contribution in [3.63, 3.8) is 0 Å². The fraction of sp³-hybridized carbons (Fsp3) is 0.409. The van der Waals surface area contributed by atoms with Gasteiger partial charge in [-0.3, -0.25) is 9.69 Å². The van der Waals surface area contributed by atoms with E-state index in [-0.39, 0.29) is 12.5 Å². The molecule has 0 radical (unpaired) electrons. The Balaban J connectivity index is 1.50. The van der Waals surface area contributed by atoms with Gasteiger partial charge in [-0.1, -0.05) is 44.2 Å². The van der Waals surface area contributed by atoms with Crippen LogP contribution in [0, 0.1) is 0 Å². The lowest BCUT2D eigenvalue weighted by atomic mass is 9.99. The van der Waals surface area contributed by atoms with Crippen LogP contribution in [-0.4, -0.2) is 56.3 Å². The smallest absolute Gasteiger partial charge is 0.243 e. The molecule has 156 valence electrons. The Hall–Kier alpha value is -2.22. The molecule has 1 fully saturated rings. The van der Waals surface area contributed by atoms with E-state index in [1.807, 2.05) is 17.0 Å². The highest BCUT2D eigenvalue weighted by molar-refractivity contribution is 7.89. The van der Waals surface area contributed by atoms with E-state index in [1.54, 1.807) is 30.3 Å². The van der Waals surface area contributed by atoms with Crippen LogP contribution in [0.4, 0.5) is 5.69 Å². The van der Waals surface area contributed by atoms with Crippen molar-refractivity contribution in [3.05, 3.63) is 60.2 Å². The Labute approximate surface area is 173 Å². The molecule has 1 aliphatic rings. The molecule has 1 saturated heterocycles. The zero-order chi connectivity index (χ0) is 20.9. The normalized spacial score (nSPS) is 17.0. The van der Waals surface area contributed by atoms with Gasteiger partial charge in [0.1, 0.15) is 0 Å². The molecule has 29 heavy (non-hydrogen) atoms. The summed E-state index contributed by atoms with van der Waals surface area (Å²) in [4.78, 5) is 14.7. The van der Waals surface area contributed by atoms with Crippen molar-refractivity contribution in [2.75, 3.05) is 38.0 Å². The Kier molecular flexibility index (Phi) is 7.05. The maximum Gasteiger partial charge on any atom is 0.243 e. The summed E-state index contributed by atoms with van der Waals surface area (Å²) in [6.45, 7) is 6.43. The number of nitrogens with zero attached hydrogens (tertiary/aromatic N) is 2. The van der Waals surface area contributed by atoms with Gasteiger partial charge in [-0.2, -0.15) is 4.31 Å². The average molecular weight is 416 g/mol. The number of sulfonamides is 1. The van der Waals surface area contributed by atoms with Gasteiger partial charge in [-0.05, 0) is 42.2 Å². The summed E-state index contributed by atoms with van der Waals surface area (Å²) in [6, 6.07) is 16.4. The second kappa shape index (κ2) is 9.52. The monoisotopic (exact) mass is 415 g/mol. The molecular weight excluding hydrogens is 386 g/mol. The molecule has 7 heteroatoms. The lowest BCUT2D eigenvalue weighted by Crippen LogP contribution is -2.50. The first-order valence-corrected chi connectivity index (χ1v) is 11.5. The molecule has 3 rings (SSSR count). The van der Waals surface area contributed by atoms with Crippen molar-refractivity contribution in [2.24, 2.45) is 0 Å². The quantitative estimate of drug-likeness (QED) is 0.754. The first-order chi connectivity index (χ1) is 13.9. The number of nitrogens with one attached hydrogen (secondary N) is 1. The maximum absolute atomic E-state index is 12.7. The molecule has 1 amide bonds. The Bertz CT molecular complexity index is 906. The van der Waals surface area contributed by atoms with Crippen LogP contribution >= 0.6 is 0 Å². The minimum atomic E-state index is -3.47. The maximum atomic E-state index is 12.7. The van der Waals surface area contributed by atoms with Gasteiger partial charge in [0.15, 0.2) is 0 Å². The molecule has 1 aliphatic heterocycles. The summed E-state index contributed by atoms with van der Waals surface area (Å²) in [6.07, 6.45) is 1.08. The van der Waals surface area contributed by atoms with Crippen LogP contribution in [0.5, 0.6) is 0 Å².